The van der Waals surface area contributed by atoms with E-state index >= 15 is 0 Å². The first-order valence-corrected chi connectivity index (χ1v) is 10.1. The molecular weight excluding hydrogens is 348 g/mol. The summed E-state index contributed by atoms with van der Waals surface area (Å²) in [6.07, 6.45) is 3.35. The fraction of sp³-hybridized carbons (Fsp3) is 0.526. The monoisotopic (exact) mass is 372 g/mol. The smallest absolute Gasteiger partial charge is 0.225 e. The highest BCUT2D eigenvalue weighted by atomic mass is 32.1. The Kier molecular flexibility index (Phi) is 4.80. The van der Waals surface area contributed by atoms with Crippen molar-refractivity contribution in [2.75, 3.05) is 31.1 Å². The van der Waals surface area contributed by atoms with Gasteiger partial charge >= 0.3 is 0 Å². The third-order valence-corrected chi connectivity index (χ3v) is 6.63. The van der Waals surface area contributed by atoms with Crippen LogP contribution in [0.2, 0.25) is 0 Å². The summed E-state index contributed by atoms with van der Waals surface area (Å²) in [6, 6.07) is 8.18. The van der Waals surface area contributed by atoms with E-state index < -0.39 is 0 Å². The third-order valence-electron chi connectivity index (χ3n) is 5.53. The van der Waals surface area contributed by atoms with Gasteiger partial charge in [0.05, 0.1) is 16.1 Å². The van der Waals surface area contributed by atoms with Gasteiger partial charge < -0.3 is 15.5 Å². The number of nitrogens with zero attached hydrogens (tertiary/aromatic N) is 3. The van der Waals surface area contributed by atoms with Crippen molar-refractivity contribution in [3.8, 4) is 0 Å². The summed E-state index contributed by atoms with van der Waals surface area (Å²) in [5.41, 5.74) is 6.47. The predicted octanol–water partition coefficient (Wildman–Crippen LogP) is 2.24. The van der Waals surface area contributed by atoms with Crippen LogP contribution in [0.1, 0.15) is 25.7 Å². The van der Waals surface area contributed by atoms with Crippen LogP contribution in [-0.4, -0.2) is 47.9 Å². The van der Waals surface area contributed by atoms with Crippen molar-refractivity contribution in [2.24, 2.45) is 17.6 Å². The molecule has 6 nitrogen and oxygen atoms in total. The fourth-order valence-corrected chi connectivity index (χ4v) is 5.00. The molecule has 4 rings (SSSR count). The number of aromatic nitrogens is 1. The summed E-state index contributed by atoms with van der Waals surface area (Å²) in [6.45, 7) is 2.94. The highest BCUT2D eigenvalue weighted by Gasteiger charge is 2.33. The number of carbonyl (C=O) groups is 2. The zero-order valence-electron chi connectivity index (χ0n) is 14.8. The number of thiazole rings is 1. The summed E-state index contributed by atoms with van der Waals surface area (Å²) in [5, 5.41) is 1.05. The molecule has 2 N–H and O–H groups in total. The Bertz CT molecular complexity index is 780. The number of piperidine rings is 2. The van der Waals surface area contributed by atoms with E-state index in [1.807, 2.05) is 23.1 Å². The number of amides is 2. The lowest BCUT2D eigenvalue weighted by molar-refractivity contribution is -0.139. The molecule has 2 aromatic rings. The minimum Gasteiger partial charge on any atom is -0.369 e. The Morgan fingerprint density at radius 1 is 1.08 bits per heavy atom. The maximum Gasteiger partial charge on any atom is 0.225 e. The van der Waals surface area contributed by atoms with Gasteiger partial charge in [0, 0.05) is 32.1 Å². The van der Waals surface area contributed by atoms with E-state index in [-0.39, 0.29) is 23.7 Å². The van der Waals surface area contributed by atoms with Gasteiger partial charge in [0.2, 0.25) is 11.8 Å². The van der Waals surface area contributed by atoms with E-state index in [4.69, 9.17) is 10.7 Å². The fourth-order valence-electron chi connectivity index (χ4n) is 3.98. The van der Waals surface area contributed by atoms with Crippen LogP contribution in [0.5, 0.6) is 0 Å². The second-order valence-electron chi connectivity index (χ2n) is 7.25. The molecule has 2 aliphatic rings. The Hall–Kier alpha value is -2.15. The SMILES string of the molecule is NC(=O)C1CCCN(C(=O)C2CCN(c3nc4ccccc4s3)CC2)C1. The maximum absolute atomic E-state index is 12.8. The number of anilines is 1. The molecule has 0 saturated carbocycles. The van der Waals surface area contributed by atoms with Gasteiger partial charge in [0.15, 0.2) is 5.13 Å². The third kappa shape index (κ3) is 3.40. The largest absolute Gasteiger partial charge is 0.369 e. The molecule has 2 saturated heterocycles. The first-order chi connectivity index (χ1) is 12.6. The lowest BCUT2D eigenvalue weighted by Crippen LogP contribution is -2.48. The van der Waals surface area contributed by atoms with Crippen molar-refractivity contribution < 1.29 is 9.59 Å². The number of hydrogen-bond donors (Lipinski definition) is 1. The Balaban J connectivity index is 1.37. The van der Waals surface area contributed by atoms with E-state index in [9.17, 15) is 9.59 Å². The first-order valence-electron chi connectivity index (χ1n) is 9.30. The van der Waals surface area contributed by atoms with E-state index in [0.717, 1.165) is 56.0 Å². The summed E-state index contributed by atoms with van der Waals surface area (Å²) >= 11 is 1.71. The minimum atomic E-state index is -0.284. The van der Waals surface area contributed by atoms with Gasteiger partial charge in [0.25, 0.3) is 0 Å². The van der Waals surface area contributed by atoms with Gasteiger partial charge in [-0.25, -0.2) is 4.98 Å². The molecule has 138 valence electrons. The number of carbonyl (C=O) groups excluding carboxylic acids is 2. The molecule has 0 radical (unpaired) electrons. The molecule has 1 atom stereocenters. The quantitative estimate of drug-likeness (QED) is 0.896. The molecule has 1 unspecified atom stereocenters. The van der Waals surface area contributed by atoms with E-state index in [1.165, 1.54) is 4.70 Å². The van der Waals surface area contributed by atoms with E-state index in [1.54, 1.807) is 11.3 Å². The lowest BCUT2D eigenvalue weighted by atomic mass is 9.92. The Labute approximate surface area is 157 Å². The number of likely N-dealkylation sites (tertiary alicyclic amines) is 1. The zero-order chi connectivity index (χ0) is 18.1. The molecule has 2 aliphatic heterocycles. The van der Waals surface area contributed by atoms with Crippen LogP contribution in [0.25, 0.3) is 10.2 Å². The molecule has 0 bridgehead atoms. The molecule has 26 heavy (non-hydrogen) atoms. The first kappa shape index (κ1) is 17.3. The van der Waals surface area contributed by atoms with Gasteiger partial charge in [0.1, 0.15) is 0 Å². The van der Waals surface area contributed by atoms with Gasteiger partial charge in [-0.3, -0.25) is 9.59 Å². The van der Waals surface area contributed by atoms with Crippen LogP contribution >= 0.6 is 11.3 Å². The van der Waals surface area contributed by atoms with Crippen molar-refractivity contribution in [3.63, 3.8) is 0 Å². The number of hydrogen-bond acceptors (Lipinski definition) is 5. The summed E-state index contributed by atoms with van der Waals surface area (Å²) in [4.78, 5) is 33.2. The average Bonchev–Trinajstić information content (AvgIpc) is 3.12. The summed E-state index contributed by atoms with van der Waals surface area (Å²) < 4.78 is 1.20. The topological polar surface area (TPSA) is 79.5 Å². The van der Waals surface area contributed by atoms with Crippen molar-refractivity contribution in [1.82, 2.24) is 9.88 Å². The van der Waals surface area contributed by atoms with Gasteiger partial charge in [-0.15, -0.1) is 0 Å². The molecule has 1 aromatic carbocycles. The van der Waals surface area contributed by atoms with Crippen molar-refractivity contribution >= 4 is 38.5 Å². The molecular formula is C19H24N4O2S. The second-order valence-corrected chi connectivity index (χ2v) is 8.26. The van der Waals surface area contributed by atoms with Crippen LogP contribution in [0, 0.1) is 11.8 Å². The second kappa shape index (κ2) is 7.23. The minimum absolute atomic E-state index is 0.0484. The zero-order valence-corrected chi connectivity index (χ0v) is 15.6. The molecule has 1 aromatic heterocycles. The molecule has 0 spiro atoms. The summed E-state index contributed by atoms with van der Waals surface area (Å²) in [7, 11) is 0. The molecule has 2 amide bonds. The average molecular weight is 372 g/mol. The van der Waals surface area contributed by atoms with Crippen molar-refractivity contribution in [1.29, 1.82) is 0 Å². The molecule has 3 heterocycles. The maximum atomic E-state index is 12.8. The van der Waals surface area contributed by atoms with Gasteiger partial charge in [-0.2, -0.15) is 0 Å². The number of rotatable bonds is 3. The molecule has 7 heteroatoms. The van der Waals surface area contributed by atoms with Crippen LogP contribution < -0.4 is 10.6 Å². The number of fused-ring (bicyclic) bond motifs is 1. The highest BCUT2D eigenvalue weighted by molar-refractivity contribution is 7.22. The van der Waals surface area contributed by atoms with Gasteiger partial charge in [-0.05, 0) is 37.8 Å². The Morgan fingerprint density at radius 3 is 2.58 bits per heavy atom. The molecule has 0 aliphatic carbocycles. The van der Waals surface area contributed by atoms with Gasteiger partial charge in [-0.1, -0.05) is 23.5 Å². The summed E-state index contributed by atoms with van der Waals surface area (Å²) in [5.74, 6) is -0.226. The number of primary amides is 1. The van der Waals surface area contributed by atoms with Crippen molar-refractivity contribution in [2.45, 2.75) is 25.7 Å². The van der Waals surface area contributed by atoms with Crippen LogP contribution in [0.3, 0.4) is 0 Å². The van der Waals surface area contributed by atoms with Crippen molar-refractivity contribution in [3.05, 3.63) is 24.3 Å². The number of nitrogens with two attached hydrogens (primary N) is 1. The normalized spacial score (nSPS) is 21.9. The molecule has 2 fully saturated rings. The predicted molar refractivity (Wildman–Crippen MR) is 103 cm³/mol. The van der Waals surface area contributed by atoms with E-state index in [0.29, 0.717) is 6.54 Å². The van der Waals surface area contributed by atoms with Crippen LogP contribution in [0.4, 0.5) is 5.13 Å². The van der Waals surface area contributed by atoms with Crippen LogP contribution in [0.15, 0.2) is 24.3 Å². The van der Waals surface area contributed by atoms with Crippen LogP contribution in [-0.2, 0) is 9.59 Å². The number of para-hydroxylation sites is 1. The highest BCUT2D eigenvalue weighted by Crippen LogP contribution is 2.32. The Morgan fingerprint density at radius 2 is 1.85 bits per heavy atom. The lowest BCUT2D eigenvalue weighted by Gasteiger charge is -2.37. The standard InChI is InChI=1S/C19H24N4O2S/c20-17(24)14-4-3-9-23(12-14)18(25)13-7-10-22(11-8-13)19-21-15-5-1-2-6-16(15)26-19/h1-2,5-6,13-14H,3-4,7-12H2,(H2,20,24). The van der Waals surface area contributed by atoms with E-state index in [2.05, 4.69) is 11.0 Å². The number of benzene rings is 1.